The molecule has 0 bridgehead atoms. The van der Waals surface area contributed by atoms with Crippen molar-refractivity contribution in [3.8, 4) is 11.6 Å². The van der Waals surface area contributed by atoms with Crippen LogP contribution in [0.15, 0.2) is 10.6 Å². The predicted octanol–water partition coefficient (Wildman–Crippen LogP) is 2.18. The topological polar surface area (TPSA) is 98.3 Å². The molecule has 3 heterocycles. The molecule has 0 atom stereocenters. The Morgan fingerprint density at radius 3 is 2.87 bits per heavy atom. The average Bonchev–Trinajstić information content (AvgIpc) is 2.94. The Labute approximate surface area is 133 Å². The second-order valence-corrected chi connectivity index (χ2v) is 6.34. The summed E-state index contributed by atoms with van der Waals surface area (Å²) in [5.41, 5.74) is 1.71. The van der Waals surface area contributed by atoms with Crippen LogP contribution >= 0.6 is 0 Å². The number of hydrogen-bond acceptors (Lipinski definition) is 6. The van der Waals surface area contributed by atoms with Crippen LogP contribution in [-0.4, -0.2) is 35.1 Å². The van der Waals surface area contributed by atoms with E-state index in [1.165, 1.54) is 12.8 Å². The van der Waals surface area contributed by atoms with Crippen molar-refractivity contribution in [3.05, 3.63) is 29.2 Å². The second-order valence-electron chi connectivity index (χ2n) is 6.34. The summed E-state index contributed by atoms with van der Waals surface area (Å²) in [5, 5.41) is 15.7. The third kappa shape index (κ3) is 2.76. The summed E-state index contributed by atoms with van der Waals surface area (Å²) in [6, 6.07) is 1.94. The van der Waals surface area contributed by atoms with E-state index in [0.29, 0.717) is 35.7 Å². The summed E-state index contributed by atoms with van der Waals surface area (Å²) in [6.07, 6.45) is 2.88. The van der Waals surface area contributed by atoms with E-state index in [1.807, 2.05) is 13.1 Å². The van der Waals surface area contributed by atoms with Gasteiger partial charge in [-0.2, -0.15) is 15.2 Å². The summed E-state index contributed by atoms with van der Waals surface area (Å²) >= 11 is 0. The van der Waals surface area contributed by atoms with Crippen molar-refractivity contribution in [1.29, 1.82) is 0 Å². The van der Waals surface area contributed by atoms with Crippen molar-refractivity contribution in [2.75, 3.05) is 0 Å². The van der Waals surface area contributed by atoms with E-state index in [0.717, 1.165) is 17.3 Å². The zero-order valence-electron chi connectivity index (χ0n) is 13.4. The summed E-state index contributed by atoms with van der Waals surface area (Å²) in [6.45, 7) is 4.20. The van der Waals surface area contributed by atoms with E-state index in [4.69, 9.17) is 4.52 Å². The Kier molecular flexibility index (Phi) is 3.24. The molecular weight excluding hydrogens is 294 g/mol. The molecule has 8 nitrogen and oxygen atoms in total. The van der Waals surface area contributed by atoms with Crippen LogP contribution in [-0.2, 0) is 13.5 Å². The first-order chi connectivity index (χ1) is 11.1. The molecule has 0 amide bonds. The van der Waals surface area contributed by atoms with Crippen LogP contribution in [0.2, 0.25) is 0 Å². The Hall–Kier alpha value is -2.51. The van der Waals surface area contributed by atoms with Gasteiger partial charge >= 0.3 is 0 Å². The van der Waals surface area contributed by atoms with Crippen molar-refractivity contribution >= 4 is 0 Å². The van der Waals surface area contributed by atoms with Gasteiger partial charge in [-0.3, -0.25) is 9.78 Å². The molecule has 1 saturated carbocycles. The van der Waals surface area contributed by atoms with E-state index >= 15 is 0 Å². The van der Waals surface area contributed by atoms with Crippen molar-refractivity contribution in [1.82, 2.24) is 35.1 Å². The minimum absolute atomic E-state index is 0.373. The van der Waals surface area contributed by atoms with Gasteiger partial charge in [0.2, 0.25) is 0 Å². The highest BCUT2D eigenvalue weighted by molar-refractivity contribution is 5.47. The van der Waals surface area contributed by atoms with Gasteiger partial charge < -0.3 is 4.52 Å². The van der Waals surface area contributed by atoms with E-state index in [1.54, 1.807) is 4.68 Å². The Bertz CT molecular complexity index is 825. The molecule has 1 N–H and O–H groups in total. The van der Waals surface area contributed by atoms with Crippen molar-refractivity contribution in [3.63, 3.8) is 0 Å². The third-order valence-corrected chi connectivity index (χ3v) is 4.04. The van der Waals surface area contributed by atoms with Gasteiger partial charge in [-0.1, -0.05) is 19.0 Å². The first-order valence-electron chi connectivity index (χ1n) is 7.88. The molecule has 23 heavy (non-hydrogen) atoms. The van der Waals surface area contributed by atoms with Gasteiger partial charge in [-0.15, -0.1) is 0 Å². The average molecular weight is 313 g/mol. The lowest BCUT2D eigenvalue weighted by atomic mass is 10.1. The van der Waals surface area contributed by atoms with Crippen LogP contribution in [0.4, 0.5) is 0 Å². The Morgan fingerprint density at radius 1 is 1.35 bits per heavy atom. The number of hydrogen-bond donors (Lipinski definition) is 1. The van der Waals surface area contributed by atoms with E-state index in [2.05, 4.69) is 44.3 Å². The summed E-state index contributed by atoms with van der Waals surface area (Å²) in [4.78, 5) is 9.00. The Morgan fingerprint density at radius 2 is 2.17 bits per heavy atom. The first-order valence-corrected chi connectivity index (χ1v) is 7.88. The van der Waals surface area contributed by atoms with Crippen molar-refractivity contribution in [2.45, 2.75) is 44.9 Å². The summed E-state index contributed by atoms with van der Waals surface area (Å²) in [5.74, 6) is 3.70. The molecule has 120 valence electrons. The smallest absolute Gasteiger partial charge is 0.278 e. The highest BCUT2D eigenvalue weighted by Crippen LogP contribution is 2.38. The fourth-order valence-electron chi connectivity index (χ4n) is 2.42. The number of nitrogens with one attached hydrogen (secondary N) is 1. The van der Waals surface area contributed by atoms with Crippen molar-refractivity contribution in [2.24, 2.45) is 7.05 Å². The number of nitrogens with zero attached hydrogens (tertiary/aromatic N) is 6. The maximum atomic E-state index is 5.32. The van der Waals surface area contributed by atoms with E-state index in [9.17, 15) is 0 Å². The van der Waals surface area contributed by atoms with Crippen LogP contribution in [0.5, 0.6) is 0 Å². The predicted molar refractivity (Wildman–Crippen MR) is 81.8 cm³/mol. The van der Waals surface area contributed by atoms with Gasteiger partial charge in [0.1, 0.15) is 5.82 Å². The highest BCUT2D eigenvalue weighted by atomic mass is 16.5. The molecule has 0 saturated heterocycles. The van der Waals surface area contributed by atoms with Gasteiger partial charge in [-0.25, -0.2) is 4.98 Å². The lowest BCUT2D eigenvalue weighted by molar-refractivity contribution is 0.422. The zero-order valence-corrected chi connectivity index (χ0v) is 13.4. The SMILES string of the molecule is CC(C)c1cc(-c2nc(Cc3nc(C4CC4)nn3C)no2)n[nH]1. The van der Waals surface area contributed by atoms with Crippen LogP contribution in [0.25, 0.3) is 11.6 Å². The molecule has 1 aliphatic rings. The molecule has 3 aromatic heterocycles. The molecular formula is C15H19N7O. The van der Waals surface area contributed by atoms with E-state index < -0.39 is 0 Å². The van der Waals surface area contributed by atoms with Crippen LogP contribution in [0, 0.1) is 0 Å². The molecule has 1 fully saturated rings. The maximum Gasteiger partial charge on any atom is 0.278 e. The quantitative estimate of drug-likeness (QED) is 0.775. The molecule has 8 heteroatoms. The number of rotatable bonds is 5. The number of H-pyrrole nitrogens is 1. The fourth-order valence-corrected chi connectivity index (χ4v) is 2.42. The van der Waals surface area contributed by atoms with Gasteiger partial charge in [0.25, 0.3) is 5.89 Å². The molecule has 3 aromatic rings. The standard InChI is InChI=1S/C15H19N7O/c1-8(2)10-6-11(19-18-10)15-16-12(21-23-15)7-13-17-14(9-4-5-9)20-22(13)3/h6,8-9H,4-5,7H2,1-3H3,(H,18,19). The summed E-state index contributed by atoms with van der Waals surface area (Å²) < 4.78 is 7.12. The monoisotopic (exact) mass is 313 g/mol. The third-order valence-electron chi connectivity index (χ3n) is 4.04. The number of aromatic nitrogens is 7. The van der Waals surface area contributed by atoms with Gasteiger partial charge in [0.05, 0.1) is 6.42 Å². The normalized spacial score (nSPS) is 14.8. The fraction of sp³-hybridized carbons (Fsp3) is 0.533. The lowest BCUT2D eigenvalue weighted by Crippen LogP contribution is -2.01. The van der Waals surface area contributed by atoms with Crippen LogP contribution < -0.4 is 0 Å². The largest absolute Gasteiger partial charge is 0.332 e. The Balaban J connectivity index is 1.53. The van der Waals surface area contributed by atoms with E-state index in [-0.39, 0.29) is 0 Å². The molecule has 0 unspecified atom stereocenters. The first kappa shape index (κ1) is 14.1. The van der Waals surface area contributed by atoms with Crippen molar-refractivity contribution < 1.29 is 4.52 Å². The van der Waals surface area contributed by atoms with Gasteiger partial charge in [-0.05, 0) is 24.8 Å². The molecule has 0 aromatic carbocycles. The molecule has 0 radical (unpaired) electrons. The summed E-state index contributed by atoms with van der Waals surface area (Å²) in [7, 11) is 1.90. The molecule has 0 spiro atoms. The minimum Gasteiger partial charge on any atom is -0.332 e. The highest BCUT2D eigenvalue weighted by Gasteiger charge is 2.28. The van der Waals surface area contributed by atoms with Gasteiger partial charge in [0, 0.05) is 18.7 Å². The number of aromatic amines is 1. The van der Waals surface area contributed by atoms with Crippen LogP contribution in [0.1, 0.15) is 61.7 Å². The number of aryl methyl sites for hydroxylation is 1. The van der Waals surface area contributed by atoms with Crippen LogP contribution in [0.3, 0.4) is 0 Å². The lowest BCUT2D eigenvalue weighted by Gasteiger charge is -1.95. The molecule has 1 aliphatic carbocycles. The zero-order chi connectivity index (χ0) is 16.0. The minimum atomic E-state index is 0.373. The molecule has 0 aliphatic heterocycles. The molecule has 4 rings (SSSR count). The maximum absolute atomic E-state index is 5.32. The second kappa shape index (κ2) is 5.29. The van der Waals surface area contributed by atoms with Gasteiger partial charge in [0.15, 0.2) is 17.3 Å².